The number of aromatic amines is 1. The number of hydrogen-bond donors (Lipinski definition) is 1. The second kappa shape index (κ2) is 3.23. The molecule has 0 spiro atoms. The normalized spacial score (nSPS) is 16.5. The molecule has 0 saturated heterocycles. The van der Waals surface area contributed by atoms with Crippen molar-refractivity contribution >= 4 is 17.2 Å². The van der Waals surface area contributed by atoms with Crippen molar-refractivity contribution in [1.29, 1.82) is 0 Å². The number of fused-ring (bicyclic) bond motifs is 1. The molecule has 76 valence electrons. The third-order valence-electron chi connectivity index (χ3n) is 3.39. The number of rotatable bonds is 2. The average molecular weight is 199 g/mol. The second-order valence-electron chi connectivity index (χ2n) is 4.28. The van der Waals surface area contributed by atoms with Crippen LogP contribution >= 0.6 is 0 Å². The maximum absolute atomic E-state index is 10.9. The SMILES string of the molecule is O=Cc1cccc2[nH]c(C3CCC3)cc12. The highest BCUT2D eigenvalue weighted by Gasteiger charge is 2.21. The van der Waals surface area contributed by atoms with Crippen molar-refractivity contribution in [1.82, 2.24) is 4.98 Å². The van der Waals surface area contributed by atoms with E-state index in [4.69, 9.17) is 0 Å². The highest BCUT2D eigenvalue weighted by Crippen LogP contribution is 2.37. The van der Waals surface area contributed by atoms with E-state index in [1.807, 2.05) is 18.2 Å². The van der Waals surface area contributed by atoms with Crippen molar-refractivity contribution in [3.63, 3.8) is 0 Å². The van der Waals surface area contributed by atoms with E-state index in [1.54, 1.807) is 0 Å². The van der Waals surface area contributed by atoms with Crippen molar-refractivity contribution in [2.75, 3.05) is 0 Å². The van der Waals surface area contributed by atoms with Gasteiger partial charge in [-0.3, -0.25) is 4.79 Å². The van der Waals surface area contributed by atoms with E-state index >= 15 is 0 Å². The Morgan fingerprint density at radius 3 is 2.87 bits per heavy atom. The molecule has 0 bridgehead atoms. The van der Waals surface area contributed by atoms with Gasteiger partial charge in [-0.25, -0.2) is 0 Å². The molecule has 2 heteroatoms. The summed E-state index contributed by atoms with van der Waals surface area (Å²) in [5, 5.41) is 1.06. The Morgan fingerprint density at radius 1 is 1.33 bits per heavy atom. The molecule has 0 atom stereocenters. The highest BCUT2D eigenvalue weighted by atomic mass is 16.1. The molecule has 1 saturated carbocycles. The van der Waals surface area contributed by atoms with Crippen LogP contribution in [0.4, 0.5) is 0 Å². The first-order valence-electron chi connectivity index (χ1n) is 5.45. The van der Waals surface area contributed by atoms with Crippen LogP contribution in [-0.2, 0) is 0 Å². The van der Waals surface area contributed by atoms with Gasteiger partial charge in [-0.1, -0.05) is 18.6 Å². The lowest BCUT2D eigenvalue weighted by Gasteiger charge is -2.23. The molecule has 0 aliphatic heterocycles. The quantitative estimate of drug-likeness (QED) is 0.740. The molecule has 0 radical (unpaired) electrons. The Hall–Kier alpha value is -1.57. The van der Waals surface area contributed by atoms with Crippen LogP contribution < -0.4 is 0 Å². The van der Waals surface area contributed by atoms with Crippen LogP contribution in [0.15, 0.2) is 24.3 Å². The first-order valence-corrected chi connectivity index (χ1v) is 5.45. The van der Waals surface area contributed by atoms with Gasteiger partial charge in [0.25, 0.3) is 0 Å². The van der Waals surface area contributed by atoms with Gasteiger partial charge in [0.1, 0.15) is 0 Å². The van der Waals surface area contributed by atoms with E-state index in [0.29, 0.717) is 5.92 Å². The van der Waals surface area contributed by atoms with Crippen LogP contribution in [0, 0.1) is 0 Å². The zero-order chi connectivity index (χ0) is 10.3. The first kappa shape index (κ1) is 8.72. The van der Waals surface area contributed by atoms with Gasteiger partial charge in [-0.05, 0) is 30.9 Å². The standard InChI is InChI=1S/C13H13NO/c15-8-10-5-2-6-12-11(10)7-13(14-12)9-3-1-4-9/h2,5-9,14H,1,3-4H2. The van der Waals surface area contributed by atoms with Gasteiger partial charge < -0.3 is 4.98 Å². The number of nitrogens with one attached hydrogen (secondary N) is 1. The van der Waals surface area contributed by atoms with Crippen molar-refractivity contribution in [2.24, 2.45) is 0 Å². The molecule has 15 heavy (non-hydrogen) atoms. The molecule has 1 aliphatic carbocycles. The summed E-state index contributed by atoms with van der Waals surface area (Å²) < 4.78 is 0. The maximum Gasteiger partial charge on any atom is 0.150 e. The Labute approximate surface area is 88.3 Å². The minimum Gasteiger partial charge on any atom is -0.358 e. The maximum atomic E-state index is 10.9. The van der Waals surface area contributed by atoms with E-state index in [9.17, 15) is 4.79 Å². The van der Waals surface area contributed by atoms with Crippen LogP contribution in [-0.4, -0.2) is 11.3 Å². The lowest BCUT2D eigenvalue weighted by atomic mass is 9.83. The first-order chi connectivity index (χ1) is 7.38. The summed E-state index contributed by atoms with van der Waals surface area (Å²) in [5.74, 6) is 0.692. The zero-order valence-corrected chi connectivity index (χ0v) is 8.49. The minimum atomic E-state index is 0.692. The molecule has 1 N–H and O–H groups in total. The Kier molecular flexibility index (Phi) is 1.88. The van der Waals surface area contributed by atoms with E-state index in [1.165, 1.54) is 25.0 Å². The Bertz CT molecular complexity index is 508. The summed E-state index contributed by atoms with van der Waals surface area (Å²) >= 11 is 0. The van der Waals surface area contributed by atoms with Crippen LogP contribution in [0.3, 0.4) is 0 Å². The van der Waals surface area contributed by atoms with Gasteiger partial charge in [0.05, 0.1) is 0 Å². The highest BCUT2D eigenvalue weighted by molar-refractivity contribution is 5.97. The van der Waals surface area contributed by atoms with Crippen LogP contribution in [0.2, 0.25) is 0 Å². The molecule has 2 aromatic rings. The fourth-order valence-electron chi connectivity index (χ4n) is 2.24. The fraction of sp³-hybridized carbons (Fsp3) is 0.308. The van der Waals surface area contributed by atoms with Crippen molar-refractivity contribution in [3.05, 3.63) is 35.5 Å². The summed E-state index contributed by atoms with van der Waals surface area (Å²) in [5.41, 5.74) is 3.17. The topological polar surface area (TPSA) is 32.9 Å². The monoisotopic (exact) mass is 199 g/mol. The molecule has 3 rings (SSSR count). The van der Waals surface area contributed by atoms with E-state index in [0.717, 1.165) is 22.8 Å². The number of carbonyl (C=O) groups is 1. The van der Waals surface area contributed by atoms with E-state index in [2.05, 4.69) is 11.1 Å². The number of carbonyl (C=O) groups excluding carboxylic acids is 1. The molecule has 0 amide bonds. The lowest BCUT2D eigenvalue weighted by molar-refractivity contribution is 0.112. The molecular formula is C13H13NO. The van der Waals surface area contributed by atoms with Gasteiger partial charge in [0.2, 0.25) is 0 Å². The molecule has 2 nitrogen and oxygen atoms in total. The lowest BCUT2D eigenvalue weighted by Crippen LogP contribution is -2.08. The smallest absolute Gasteiger partial charge is 0.150 e. The Morgan fingerprint density at radius 2 is 2.20 bits per heavy atom. The number of aromatic nitrogens is 1. The van der Waals surface area contributed by atoms with Crippen molar-refractivity contribution in [3.8, 4) is 0 Å². The number of benzene rings is 1. The largest absolute Gasteiger partial charge is 0.358 e. The summed E-state index contributed by atoms with van der Waals surface area (Å²) in [6, 6.07) is 7.97. The van der Waals surface area contributed by atoms with Gasteiger partial charge in [0, 0.05) is 22.2 Å². The fourth-order valence-corrected chi connectivity index (χ4v) is 2.24. The predicted molar refractivity (Wildman–Crippen MR) is 60.3 cm³/mol. The number of H-pyrrole nitrogens is 1. The molecular weight excluding hydrogens is 186 g/mol. The molecule has 1 aliphatic rings. The molecule has 1 heterocycles. The average Bonchev–Trinajstić information content (AvgIpc) is 2.57. The Balaban J connectivity index is 2.15. The predicted octanol–water partition coefficient (Wildman–Crippen LogP) is 3.25. The van der Waals surface area contributed by atoms with Crippen LogP contribution in [0.1, 0.15) is 41.2 Å². The third kappa shape index (κ3) is 1.29. The van der Waals surface area contributed by atoms with E-state index < -0.39 is 0 Å². The van der Waals surface area contributed by atoms with Crippen molar-refractivity contribution < 1.29 is 4.79 Å². The molecule has 1 fully saturated rings. The summed E-state index contributed by atoms with van der Waals surface area (Å²) in [7, 11) is 0. The number of hydrogen-bond acceptors (Lipinski definition) is 1. The summed E-state index contributed by atoms with van der Waals surface area (Å²) in [4.78, 5) is 14.3. The number of aldehydes is 1. The summed E-state index contributed by atoms with van der Waals surface area (Å²) in [6.07, 6.45) is 4.83. The van der Waals surface area contributed by atoms with Gasteiger partial charge in [-0.2, -0.15) is 0 Å². The van der Waals surface area contributed by atoms with Gasteiger partial charge >= 0.3 is 0 Å². The molecule has 1 aromatic heterocycles. The van der Waals surface area contributed by atoms with E-state index in [-0.39, 0.29) is 0 Å². The minimum absolute atomic E-state index is 0.692. The third-order valence-corrected chi connectivity index (χ3v) is 3.39. The van der Waals surface area contributed by atoms with Crippen LogP contribution in [0.5, 0.6) is 0 Å². The van der Waals surface area contributed by atoms with Crippen LogP contribution in [0.25, 0.3) is 10.9 Å². The molecule has 1 aromatic carbocycles. The van der Waals surface area contributed by atoms with Crippen molar-refractivity contribution in [2.45, 2.75) is 25.2 Å². The molecule has 0 unspecified atom stereocenters. The second-order valence-corrected chi connectivity index (χ2v) is 4.28. The zero-order valence-electron chi connectivity index (χ0n) is 8.49. The van der Waals surface area contributed by atoms with Gasteiger partial charge in [0.15, 0.2) is 6.29 Å². The summed E-state index contributed by atoms with van der Waals surface area (Å²) in [6.45, 7) is 0. The van der Waals surface area contributed by atoms with Gasteiger partial charge in [-0.15, -0.1) is 0 Å².